The van der Waals surface area contributed by atoms with Crippen LogP contribution < -0.4 is 5.56 Å². The van der Waals surface area contributed by atoms with E-state index in [-0.39, 0.29) is 5.56 Å². The molecule has 0 saturated heterocycles. The molecule has 0 aromatic carbocycles. The van der Waals surface area contributed by atoms with Crippen molar-refractivity contribution in [2.24, 2.45) is 0 Å². The predicted molar refractivity (Wildman–Crippen MR) is 55.6 cm³/mol. The summed E-state index contributed by atoms with van der Waals surface area (Å²) in [5.74, 6) is 0. The number of nitrogens with one attached hydrogen (secondary N) is 1. The zero-order valence-electron chi connectivity index (χ0n) is 7.76. The fourth-order valence-corrected chi connectivity index (χ4v) is 1.43. The van der Waals surface area contributed by atoms with Crippen LogP contribution in [0.1, 0.15) is 11.3 Å². The highest BCUT2D eigenvalue weighted by Crippen LogP contribution is 2.01. The molecule has 0 atom stereocenters. The van der Waals surface area contributed by atoms with Gasteiger partial charge >= 0.3 is 0 Å². The lowest BCUT2D eigenvalue weighted by atomic mass is 10.2. The summed E-state index contributed by atoms with van der Waals surface area (Å²) in [6, 6.07) is 0. The smallest absolute Gasteiger partial charge is 0.254 e. The Bertz CT molecular complexity index is 442. The molecule has 0 aliphatic carbocycles. The first kappa shape index (κ1) is 9.92. The Labute approximate surface area is 81.7 Å². The summed E-state index contributed by atoms with van der Waals surface area (Å²) in [5, 5.41) is 0. The monoisotopic (exact) mass is 196 g/mol. The minimum Gasteiger partial charge on any atom is -0.318 e. The Kier molecular flexibility index (Phi) is 2.83. The van der Waals surface area contributed by atoms with Crippen molar-refractivity contribution >= 4 is 12.2 Å². The molecule has 0 aliphatic rings. The van der Waals surface area contributed by atoms with Gasteiger partial charge in [0.05, 0.1) is 0 Å². The second kappa shape index (κ2) is 3.70. The van der Waals surface area contributed by atoms with Gasteiger partial charge in [-0.15, -0.1) is 6.58 Å². The van der Waals surface area contributed by atoms with Crippen LogP contribution in [0.3, 0.4) is 0 Å². The molecule has 13 heavy (non-hydrogen) atoms. The molecule has 0 fully saturated rings. The number of aromatic amines is 1. The van der Waals surface area contributed by atoms with Crippen LogP contribution in [-0.4, -0.2) is 9.55 Å². The molecule has 70 valence electrons. The number of hydrogen-bond acceptors (Lipinski definition) is 2. The highest BCUT2D eigenvalue weighted by Gasteiger charge is 2.02. The highest BCUT2D eigenvalue weighted by atomic mass is 32.1. The van der Waals surface area contributed by atoms with E-state index in [1.807, 2.05) is 11.5 Å². The first-order valence-corrected chi connectivity index (χ1v) is 4.40. The fraction of sp³-hybridized carbons (Fsp3) is 0.333. The minimum absolute atomic E-state index is 0.109. The lowest BCUT2D eigenvalue weighted by molar-refractivity contribution is 0.723. The summed E-state index contributed by atoms with van der Waals surface area (Å²) >= 11 is 5.01. The molecular weight excluding hydrogens is 184 g/mol. The van der Waals surface area contributed by atoms with E-state index in [1.165, 1.54) is 0 Å². The van der Waals surface area contributed by atoms with E-state index in [0.717, 1.165) is 5.69 Å². The Balaban J connectivity index is 3.53. The summed E-state index contributed by atoms with van der Waals surface area (Å²) in [4.78, 5) is 13.9. The third-order valence-corrected chi connectivity index (χ3v) is 2.39. The van der Waals surface area contributed by atoms with E-state index >= 15 is 0 Å². The standard InChI is InChI=1S/C9H12N2OS/c1-4-5-11-7(3)6(2)8(12)10-9(11)13/h4H,1,5H2,2-3H3,(H,10,12,13). The van der Waals surface area contributed by atoms with E-state index in [4.69, 9.17) is 12.2 Å². The Morgan fingerprint density at radius 2 is 2.23 bits per heavy atom. The minimum atomic E-state index is -0.109. The lowest BCUT2D eigenvalue weighted by Gasteiger charge is -2.09. The first-order chi connectivity index (χ1) is 6.07. The Morgan fingerprint density at radius 3 is 2.77 bits per heavy atom. The second-order valence-electron chi connectivity index (χ2n) is 2.87. The lowest BCUT2D eigenvalue weighted by Crippen LogP contribution is -2.19. The Hall–Kier alpha value is -1.16. The Morgan fingerprint density at radius 1 is 1.62 bits per heavy atom. The number of rotatable bonds is 2. The molecule has 0 saturated carbocycles. The van der Waals surface area contributed by atoms with Gasteiger partial charge in [-0.05, 0) is 26.1 Å². The zero-order chi connectivity index (χ0) is 10.0. The van der Waals surface area contributed by atoms with Crippen molar-refractivity contribution in [1.29, 1.82) is 0 Å². The molecule has 1 aromatic heterocycles. The number of nitrogens with zero attached hydrogens (tertiary/aromatic N) is 1. The van der Waals surface area contributed by atoms with Crippen molar-refractivity contribution < 1.29 is 0 Å². The molecule has 0 amide bonds. The van der Waals surface area contributed by atoms with E-state index in [9.17, 15) is 4.79 Å². The van der Waals surface area contributed by atoms with Gasteiger partial charge < -0.3 is 4.57 Å². The van der Waals surface area contributed by atoms with Crippen molar-refractivity contribution in [3.63, 3.8) is 0 Å². The van der Waals surface area contributed by atoms with Gasteiger partial charge in [0.1, 0.15) is 0 Å². The van der Waals surface area contributed by atoms with Crippen LogP contribution in [0.5, 0.6) is 0 Å². The second-order valence-corrected chi connectivity index (χ2v) is 3.26. The summed E-state index contributed by atoms with van der Waals surface area (Å²) in [6.07, 6.45) is 1.75. The maximum absolute atomic E-state index is 11.3. The largest absolute Gasteiger partial charge is 0.318 e. The van der Waals surface area contributed by atoms with Crippen molar-refractivity contribution in [3.8, 4) is 0 Å². The molecule has 4 heteroatoms. The molecule has 0 spiro atoms. The number of H-pyrrole nitrogens is 1. The van der Waals surface area contributed by atoms with Crippen LogP contribution in [0.4, 0.5) is 0 Å². The molecule has 1 N–H and O–H groups in total. The van der Waals surface area contributed by atoms with E-state index in [2.05, 4.69) is 11.6 Å². The van der Waals surface area contributed by atoms with Gasteiger partial charge in [0.15, 0.2) is 4.77 Å². The van der Waals surface area contributed by atoms with Crippen LogP contribution in [0.15, 0.2) is 17.4 Å². The van der Waals surface area contributed by atoms with Gasteiger partial charge in [0.2, 0.25) is 0 Å². The van der Waals surface area contributed by atoms with E-state index < -0.39 is 0 Å². The summed E-state index contributed by atoms with van der Waals surface area (Å²) < 4.78 is 2.30. The highest BCUT2D eigenvalue weighted by molar-refractivity contribution is 7.71. The van der Waals surface area contributed by atoms with E-state index in [0.29, 0.717) is 16.9 Å². The van der Waals surface area contributed by atoms with Gasteiger partial charge in [-0.1, -0.05) is 6.08 Å². The first-order valence-electron chi connectivity index (χ1n) is 3.99. The molecule has 0 bridgehead atoms. The van der Waals surface area contributed by atoms with Gasteiger partial charge in [-0.2, -0.15) is 0 Å². The zero-order valence-corrected chi connectivity index (χ0v) is 8.57. The summed E-state index contributed by atoms with van der Waals surface area (Å²) in [5.41, 5.74) is 1.49. The topological polar surface area (TPSA) is 37.8 Å². The van der Waals surface area contributed by atoms with Crippen molar-refractivity contribution in [1.82, 2.24) is 9.55 Å². The number of hydrogen-bond donors (Lipinski definition) is 1. The molecule has 3 nitrogen and oxygen atoms in total. The summed E-state index contributed by atoms with van der Waals surface area (Å²) in [6.45, 7) is 7.92. The molecule has 1 heterocycles. The average Bonchev–Trinajstić information content (AvgIpc) is 2.09. The maximum atomic E-state index is 11.3. The SMILES string of the molecule is C=CCn1c(C)c(C)c(=O)[nH]c1=S. The third-order valence-electron chi connectivity index (χ3n) is 2.07. The average molecular weight is 196 g/mol. The van der Waals surface area contributed by atoms with Crippen LogP contribution in [0, 0.1) is 18.6 Å². The number of aromatic nitrogens is 2. The molecule has 1 rings (SSSR count). The predicted octanol–water partition coefficient (Wildman–Crippen LogP) is 1.71. The molecule has 0 aliphatic heterocycles. The van der Waals surface area contributed by atoms with Crippen molar-refractivity contribution in [2.45, 2.75) is 20.4 Å². The van der Waals surface area contributed by atoms with E-state index in [1.54, 1.807) is 13.0 Å². The molecular formula is C9H12N2OS. The van der Waals surface area contributed by atoms with Gasteiger partial charge in [-0.3, -0.25) is 9.78 Å². The third kappa shape index (κ3) is 1.78. The van der Waals surface area contributed by atoms with Gasteiger partial charge in [0.25, 0.3) is 5.56 Å². The van der Waals surface area contributed by atoms with Gasteiger partial charge in [0, 0.05) is 17.8 Å². The van der Waals surface area contributed by atoms with Crippen molar-refractivity contribution in [3.05, 3.63) is 39.0 Å². The molecule has 1 aromatic rings. The quantitative estimate of drug-likeness (QED) is 0.577. The van der Waals surface area contributed by atoms with Crippen LogP contribution in [0.2, 0.25) is 0 Å². The molecule has 0 radical (unpaired) electrons. The molecule has 0 unspecified atom stereocenters. The normalized spacial score (nSPS) is 10.0. The van der Waals surface area contributed by atoms with Crippen molar-refractivity contribution in [2.75, 3.05) is 0 Å². The van der Waals surface area contributed by atoms with Crippen LogP contribution in [-0.2, 0) is 6.54 Å². The van der Waals surface area contributed by atoms with Crippen LogP contribution in [0.25, 0.3) is 0 Å². The maximum Gasteiger partial charge on any atom is 0.254 e. The fourth-order valence-electron chi connectivity index (χ4n) is 1.13. The number of allylic oxidation sites excluding steroid dienone is 1. The van der Waals surface area contributed by atoms with Crippen LogP contribution >= 0.6 is 12.2 Å². The van der Waals surface area contributed by atoms with Gasteiger partial charge in [-0.25, -0.2) is 0 Å². The summed E-state index contributed by atoms with van der Waals surface area (Å²) in [7, 11) is 0.